The molecule has 5 rings (SSSR count). The van der Waals surface area contributed by atoms with E-state index in [0.29, 0.717) is 29.1 Å². The average Bonchev–Trinajstić information content (AvgIpc) is 3.42. The fourth-order valence-corrected chi connectivity index (χ4v) is 3.61. The number of imidazole rings is 1. The van der Waals surface area contributed by atoms with Crippen LogP contribution in [0.2, 0.25) is 0 Å². The lowest BCUT2D eigenvalue weighted by Gasteiger charge is -2.25. The van der Waals surface area contributed by atoms with Crippen LogP contribution in [0.15, 0.2) is 30.7 Å². The molecule has 2 aliphatic rings. The number of halogens is 1. The molecule has 0 spiro atoms. The van der Waals surface area contributed by atoms with Gasteiger partial charge in [-0.05, 0) is 50.3 Å². The van der Waals surface area contributed by atoms with Gasteiger partial charge in [-0.2, -0.15) is 0 Å². The van der Waals surface area contributed by atoms with Crippen LogP contribution < -0.4 is 10.6 Å². The van der Waals surface area contributed by atoms with Gasteiger partial charge in [-0.15, -0.1) is 0 Å². The molecule has 2 N–H and O–H groups in total. The first-order chi connectivity index (χ1) is 12.8. The number of fused-ring (bicyclic) bond motifs is 1. The van der Waals surface area contributed by atoms with Crippen LogP contribution >= 0.6 is 0 Å². The number of nitrogens with one attached hydrogen (secondary N) is 2. The molecule has 4 heterocycles. The number of piperidine rings is 1. The SMILES string of the molecule is Fc1ccc2ncc(-c3ncc(C4CC4)c(N[C@@H]4CCCNC4)n3)n2c1. The lowest BCUT2D eigenvalue weighted by Crippen LogP contribution is -2.38. The molecular weight excluding hydrogens is 331 g/mol. The Kier molecular flexibility index (Phi) is 3.81. The highest BCUT2D eigenvalue weighted by molar-refractivity contribution is 5.60. The molecular formula is C19H21FN6. The summed E-state index contributed by atoms with van der Waals surface area (Å²) in [5.74, 6) is 1.73. The van der Waals surface area contributed by atoms with Crippen LogP contribution in [0.25, 0.3) is 17.2 Å². The van der Waals surface area contributed by atoms with E-state index in [1.165, 1.54) is 37.1 Å². The Morgan fingerprint density at radius 2 is 2.08 bits per heavy atom. The van der Waals surface area contributed by atoms with Gasteiger partial charge >= 0.3 is 0 Å². The fourth-order valence-electron chi connectivity index (χ4n) is 3.61. The van der Waals surface area contributed by atoms with Crippen LogP contribution in [-0.4, -0.2) is 38.5 Å². The summed E-state index contributed by atoms with van der Waals surface area (Å²) in [5, 5.41) is 7.05. The highest BCUT2D eigenvalue weighted by atomic mass is 19.1. The van der Waals surface area contributed by atoms with E-state index in [1.807, 2.05) is 6.20 Å². The molecule has 6 nitrogen and oxygen atoms in total. The van der Waals surface area contributed by atoms with Gasteiger partial charge in [0.25, 0.3) is 0 Å². The minimum Gasteiger partial charge on any atom is -0.366 e. The lowest BCUT2D eigenvalue weighted by molar-refractivity contribution is 0.478. The van der Waals surface area contributed by atoms with Crippen LogP contribution in [0.3, 0.4) is 0 Å². The normalized spacial score (nSPS) is 20.4. The zero-order valence-electron chi connectivity index (χ0n) is 14.5. The van der Waals surface area contributed by atoms with E-state index >= 15 is 0 Å². The molecule has 0 radical (unpaired) electrons. The second-order valence-electron chi connectivity index (χ2n) is 7.18. The van der Waals surface area contributed by atoms with Crippen molar-refractivity contribution in [2.75, 3.05) is 18.4 Å². The quantitative estimate of drug-likeness (QED) is 0.756. The summed E-state index contributed by atoms with van der Waals surface area (Å²) >= 11 is 0. The van der Waals surface area contributed by atoms with E-state index in [4.69, 9.17) is 4.98 Å². The number of aromatic nitrogens is 4. The molecule has 3 aromatic rings. The number of hydrogen-bond donors (Lipinski definition) is 2. The van der Waals surface area contributed by atoms with Gasteiger partial charge in [-0.25, -0.2) is 19.3 Å². The summed E-state index contributed by atoms with van der Waals surface area (Å²) in [5.41, 5.74) is 2.58. The number of rotatable bonds is 4. The molecule has 0 aromatic carbocycles. The van der Waals surface area contributed by atoms with Gasteiger partial charge in [-0.1, -0.05) is 0 Å². The Morgan fingerprint density at radius 1 is 1.15 bits per heavy atom. The first-order valence-electron chi connectivity index (χ1n) is 9.25. The van der Waals surface area contributed by atoms with Crippen LogP contribution in [0.4, 0.5) is 10.2 Å². The average molecular weight is 352 g/mol. The van der Waals surface area contributed by atoms with Gasteiger partial charge in [0, 0.05) is 30.5 Å². The highest BCUT2D eigenvalue weighted by Crippen LogP contribution is 2.43. The number of hydrogen-bond acceptors (Lipinski definition) is 5. The first kappa shape index (κ1) is 15.7. The van der Waals surface area contributed by atoms with E-state index < -0.39 is 0 Å². The molecule has 1 aliphatic heterocycles. The van der Waals surface area contributed by atoms with Gasteiger partial charge < -0.3 is 10.6 Å². The summed E-state index contributed by atoms with van der Waals surface area (Å²) in [6, 6.07) is 3.44. The van der Waals surface area contributed by atoms with Crippen molar-refractivity contribution in [3.05, 3.63) is 42.1 Å². The van der Waals surface area contributed by atoms with Crippen LogP contribution in [-0.2, 0) is 0 Å². The van der Waals surface area contributed by atoms with Gasteiger partial charge in [0.05, 0.1) is 6.20 Å². The molecule has 26 heavy (non-hydrogen) atoms. The second-order valence-corrected chi connectivity index (χ2v) is 7.18. The number of nitrogens with zero attached hydrogens (tertiary/aromatic N) is 4. The third-order valence-electron chi connectivity index (χ3n) is 5.17. The smallest absolute Gasteiger partial charge is 0.180 e. The van der Waals surface area contributed by atoms with Crippen molar-refractivity contribution in [2.45, 2.75) is 37.6 Å². The van der Waals surface area contributed by atoms with E-state index in [-0.39, 0.29) is 5.82 Å². The standard InChI is InChI=1S/C19H21FN6/c20-13-5-6-17-22-10-16(26(17)11-13)19-23-9-15(12-3-4-12)18(25-19)24-14-2-1-7-21-8-14/h5-6,9-12,14,21H,1-4,7-8H2,(H,23,24,25)/t14-/m1/s1. The molecule has 7 heteroatoms. The Morgan fingerprint density at radius 3 is 2.88 bits per heavy atom. The second kappa shape index (κ2) is 6.32. The van der Waals surface area contributed by atoms with Crippen molar-refractivity contribution in [1.29, 1.82) is 0 Å². The molecule has 134 valence electrons. The molecule has 1 saturated carbocycles. The Balaban J connectivity index is 1.54. The minimum atomic E-state index is -0.307. The summed E-state index contributed by atoms with van der Waals surface area (Å²) in [7, 11) is 0. The molecule has 1 saturated heterocycles. The topological polar surface area (TPSA) is 67.1 Å². The maximum Gasteiger partial charge on any atom is 0.180 e. The van der Waals surface area contributed by atoms with E-state index in [1.54, 1.807) is 16.7 Å². The van der Waals surface area contributed by atoms with E-state index in [2.05, 4.69) is 20.6 Å². The zero-order chi connectivity index (χ0) is 17.5. The highest BCUT2D eigenvalue weighted by Gasteiger charge is 2.29. The Hall–Kier alpha value is -2.54. The fraction of sp³-hybridized carbons (Fsp3) is 0.421. The molecule has 0 amide bonds. The molecule has 1 aliphatic carbocycles. The first-order valence-corrected chi connectivity index (χ1v) is 9.25. The van der Waals surface area contributed by atoms with E-state index in [9.17, 15) is 4.39 Å². The lowest BCUT2D eigenvalue weighted by atomic mass is 10.1. The van der Waals surface area contributed by atoms with Crippen molar-refractivity contribution in [1.82, 2.24) is 24.7 Å². The molecule has 3 aromatic heterocycles. The maximum absolute atomic E-state index is 13.7. The van der Waals surface area contributed by atoms with Gasteiger partial charge in [-0.3, -0.25) is 4.40 Å². The third-order valence-corrected chi connectivity index (χ3v) is 5.17. The zero-order valence-corrected chi connectivity index (χ0v) is 14.5. The number of pyridine rings is 1. The summed E-state index contributed by atoms with van der Waals surface area (Å²) in [6.07, 6.45) is 9.75. The van der Waals surface area contributed by atoms with Crippen molar-refractivity contribution in [3.8, 4) is 11.5 Å². The van der Waals surface area contributed by atoms with Crippen molar-refractivity contribution in [3.63, 3.8) is 0 Å². The predicted molar refractivity (Wildman–Crippen MR) is 97.7 cm³/mol. The predicted octanol–water partition coefficient (Wildman–Crippen LogP) is 2.97. The Bertz CT molecular complexity index is 942. The van der Waals surface area contributed by atoms with Crippen molar-refractivity contribution in [2.24, 2.45) is 0 Å². The van der Waals surface area contributed by atoms with Gasteiger partial charge in [0.15, 0.2) is 5.82 Å². The maximum atomic E-state index is 13.7. The van der Waals surface area contributed by atoms with Crippen LogP contribution in [0.1, 0.15) is 37.2 Å². The summed E-state index contributed by atoms with van der Waals surface area (Å²) < 4.78 is 15.4. The van der Waals surface area contributed by atoms with E-state index in [0.717, 1.165) is 25.3 Å². The molecule has 1 atom stereocenters. The van der Waals surface area contributed by atoms with Gasteiger partial charge in [0.1, 0.15) is 23.0 Å². The number of anilines is 1. The minimum absolute atomic E-state index is 0.307. The summed E-state index contributed by atoms with van der Waals surface area (Å²) in [6.45, 7) is 2.03. The summed E-state index contributed by atoms with van der Waals surface area (Å²) in [4.78, 5) is 13.7. The molecule has 0 unspecified atom stereocenters. The molecule has 0 bridgehead atoms. The van der Waals surface area contributed by atoms with Crippen LogP contribution in [0.5, 0.6) is 0 Å². The van der Waals surface area contributed by atoms with Crippen molar-refractivity contribution < 1.29 is 4.39 Å². The third kappa shape index (κ3) is 2.92. The monoisotopic (exact) mass is 352 g/mol. The van der Waals surface area contributed by atoms with Crippen LogP contribution in [0, 0.1) is 5.82 Å². The largest absolute Gasteiger partial charge is 0.366 e. The van der Waals surface area contributed by atoms with Gasteiger partial charge in [0.2, 0.25) is 0 Å². The molecule has 2 fully saturated rings. The van der Waals surface area contributed by atoms with Crippen molar-refractivity contribution >= 4 is 11.5 Å². The Labute approximate surface area is 150 Å².